The van der Waals surface area contributed by atoms with Crippen LogP contribution in [-0.2, 0) is 0 Å². The van der Waals surface area contributed by atoms with E-state index in [0.717, 1.165) is 24.2 Å². The van der Waals surface area contributed by atoms with Crippen LogP contribution >= 0.6 is 11.6 Å². The molecule has 0 saturated heterocycles. The van der Waals surface area contributed by atoms with Gasteiger partial charge in [0.2, 0.25) is 0 Å². The van der Waals surface area contributed by atoms with Gasteiger partial charge in [-0.3, -0.25) is 0 Å². The van der Waals surface area contributed by atoms with Crippen LogP contribution in [0, 0.1) is 5.41 Å². The topological polar surface area (TPSA) is 61.3 Å². The first-order valence-corrected chi connectivity index (χ1v) is 5.80. The Morgan fingerprint density at radius 3 is 2.62 bits per heavy atom. The lowest BCUT2D eigenvalue weighted by molar-refractivity contribution is 0.409. The molecule has 1 fully saturated rings. The number of rotatable bonds is 4. The molecule has 1 saturated carbocycles. The lowest BCUT2D eigenvalue weighted by atomic mass is 9.91. The van der Waals surface area contributed by atoms with Crippen LogP contribution in [0.4, 0.5) is 0 Å². The second-order valence-electron chi connectivity index (χ2n) is 4.43. The number of nitrogens with two attached hydrogens (primary N) is 2. The highest BCUT2D eigenvalue weighted by molar-refractivity contribution is 6.31. The summed E-state index contributed by atoms with van der Waals surface area (Å²) in [4.78, 5) is 0. The van der Waals surface area contributed by atoms with Gasteiger partial charge in [-0.1, -0.05) is 17.7 Å². The summed E-state index contributed by atoms with van der Waals surface area (Å²) in [6, 6.07) is 5.54. The molecule has 2 rings (SSSR count). The molecule has 1 aliphatic rings. The molecule has 1 unspecified atom stereocenters. The Morgan fingerprint density at radius 2 is 2.19 bits per heavy atom. The first kappa shape index (κ1) is 11.7. The van der Waals surface area contributed by atoms with Gasteiger partial charge in [0.05, 0.1) is 7.11 Å². The number of hydrogen-bond acceptors (Lipinski definition) is 3. The second kappa shape index (κ2) is 4.24. The molecule has 0 bridgehead atoms. The Morgan fingerprint density at radius 1 is 1.50 bits per heavy atom. The fourth-order valence-corrected chi connectivity index (χ4v) is 2.31. The van der Waals surface area contributed by atoms with E-state index in [9.17, 15) is 0 Å². The highest BCUT2D eigenvalue weighted by Gasteiger charge is 2.47. The zero-order chi connectivity index (χ0) is 11.8. The highest BCUT2D eigenvalue weighted by Crippen LogP contribution is 2.53. The maximum atomic E-state index is 6.23. The largest absolute Gasteiger partial charge is 0.497 e. The van der Waals surface area contributed by atoms with Crippen molar-refractivity contribution in [3.8, 4) is 5.75 Å². The molecular weight excluding hydrogens is 224 g/mol. The Kier molecular flexibility index (Phi) is 3.10. The van der Waals surface area contributed by atoms with E-state index in [2.05, 4.69) is 0 Å². The standard InChI is InChI=1S/C12H17ClN2O/c1-16-8-2-3-9(10(13)6-8)11(15)12(7-14)4-5-12/h2-3,6,11H,4-5,7,14-15H2,1H3. The van der Waals surface area contributed by atoms with E-state index in [1.54, 1.807) is 13.2 Å². The average Bonchev–Trinajstić information content (AvgIpc) is 3.09. The SMILES string of the molecule is COc1ccc(C(N)C2(CN)CC2)c(Cl)c1. The minimum atomic E-state index is -0.0732. The van der Waals surface area contributed by atoms with Gasteiger partial charge in [0.25, 0.3) is 0 Å². The molecule has 1 aromatic rings. The molecule has 0 aromatic heterocycles. The molecule has 0 amide bonds. The van der Waals surface area contributed by atoms with Gasteiger partial charge in [0.15, 0.2) is 0 Å². The molecule has 88 valence electrons. The summed E-state index contributed by atoms with van der Waals surface area (Å²) in [5.41, 5.74) is 13.0. The van der Waals surface area contributed by atoms with E-state index >= 15 is 0 Å². The number of halogens is 1. The van der Waals surface area contributed by atoms with Crippen LogP contribution < -0.4 is 16.2 Å². The third-order valence-corrected chi connectivity index (χ3v) is 3.83. The van der Waals surface area contributed by atoms with Gasteiger partial charge >= 0.3 is 0 Å². The maximum absolute atomic E-state index is 6.23. The minimum Gasteiger partial charge on any atom is -0.497 e. The molecule has 16 heavy (non-hydrogen) atoms. The van der Waals surface area contributed by atoms with E-state index in [1.165, 1.54) is 0 Å². The van der Waals surface area contributed by atoms with Crippen LogP contribution in [-0.4, -0.2) is 13.7 Å². The summed E-state index contributed by atoms with van der Waals surface area (Å²) in [5, 5.41) is 0.659. The van der Waals surface area contributed by atoms with Crippen molar-refractivity contribution >= 4 is 11.6 Å². The van der Waals surface area contributed by atoms with Gasteiger partial charge in [-0.2, -0.15) is 0 Å². The molecule has 0 spiro atoms. The Bertz CT molecular complexity index is 391. The van der Waals surface area contributed by atoms with Crippen molar-refractivity contribution in [3.05, 3.63) is 28.8 Å². The van der Waals surface area contributed by atoms with E-state index in [1.807, 2.05) is 12.1 Å². The second-order valence-corrected chi connectivity index (χ2v) is 4.84. The minimum absolute atomic E-state index is 0.0677. The van der Waals surface area contributed by atoms with Crippen LogP contribution in [0.25, 0.3) is 0 Å². The molecule has 4 N–H and O–H groups in total. The van der Waals surface area contributed by atoms with Gasteiger partial charge in [-0.25, -0.2) is 0 Å². The van der Waals surface area contributed by atoms with Crippen molar-refractivity contribution in [1.29, 1.82) is 0 Å². The quantitative estimate of drug-likeness (QED) is 0.847. The van der Waals surface area contributed by atoms with Crippen molar-refractivity contribution in [1.82, 2.24) is 0 Å². The molecule has 0 aliphatic heterocycles. The lowest BCUT2D eigenvalue weighted by Crippen LogP contribution is -2.29. The summed E-state index contributed by atoms with van der Waals surface area (Å²) in [7, 11) is 1.62. The first-order chi connectivity index (χ1) is 7.63. The van der Waals surface area contributed by atoms with Crippen LogP contribution in [0.15, 0.2) is 18.2 Å². The molecule has 0 radical (unpaired) electrons. The fourth-order valence-electron chi connectivity index (χ4n) is 2.02. The number of benzene rings is 1. The molecule has 1 aromatic carbocycles. The Hall–Kier alpha value is -0.770. The van der Waals surface area contributed by atoms with Gasteiger partial charge < -0.3 is 16.2 Å². The fraction of sp³-hybridized carbons (Fsp3) is 0.500. The summed E-state index contributed by atoms with van der Waals surface area (Å²) in [5.74, 6) is 0.749. The van der Waals surface area contributed by atoms with E-state index in [-0.39, 0.29) is 11.5 Å². The summed E-state index contributed by atoms with van der Waals surface area (Å²) in [6.07, 6.45) is 2.18. The van der Waals surface area contributed by atoms with Crippen LogP contribution in [0.1, 0.15) is 24.4 Å². The highest BCUT2D eigenvalue weighted by atomic mass is 35.5. The van der Waals surface area contributed by atoms with Crippen molar-refractivity contribution < 1.29 is 4.74 Å². The molecular formula is C12H17ClN2O. The number of hydrogen-bond donors (Lipinski definition) is 2. The van der Waals surface area contributed by atoms with E-state index in [4.69, 9.17) is 27.8 Å². The van der Waals surface area contributed by atoms with E-state index in [0.29, 0.717) is 11.6 Å². The van der Waals surface area contributed by atoms with Crippen molar-refractivity contribution in [3.63, 3.8) is 0 Å². The molecule has 1 aliphatic carbocycles. The van der Waals surface area contributed by atoms with Gasteiger partial charge in [0, 0.05) is 16.5 Å². The predicted octanol–water partition coefficient (Wildman–Crippen LogP) is 2.09. The summed E-state index contributed by atoms with van der Waals surface area (Å²) in [6.45, 7) is 0.622. The Balaban J connectivity index is 2.27. The van der Waals surface area contributed by atoms with Crippen LogP contribution in [0.5, 0.6) is 5.75 Å². The lowest BCUT2D eigenvalue weighted by Gasteiger charge is -2.23. The maximum Gasteiger partial charge on any atom is 0.120 e. The van der Waals surface area contributed by atoms with Gasteiger partial charge in [-0.15, -0.1) is 0 Å². The summed E-state index contributed by atoms with van der Waals surface area (Å²) < 4.78 is 5.11. The summed E-state index contributed by atoms with van der Waals surface area (Å²) >= 11 is 6.19. The predicted molar refractivity (Wildman–Crippen MR) is 65.7 cm³/mol. The molecule has 1 atom stereocenters. The Labute approximate surface area is 101 Å². The van der Waals surface area contributed by atoms with Gasteiger partial charge in [-0.05, 0) is 37.1 Å². The normalized spacial score (nSPS) is 19.2. The monoisotopic (exact) mass is 240 g/mol. The smallest absolute Gasteiger partial charge is 0.120 e. The molecule has 4 heteroatoms. The third kappa shape index (κ3) is 1.90. The molecule has 0 heterocycles. The van der Waals surface area contributed by atoms with Crippen LogP contribution in [0.2, 0.25) is 5.02 Å². The number of methoxy groups -OCH3 is 1. The van der Waals surface area contributed by atoms with E-state index < -0.39 is 0 Å². The third-order valence-electron chi connectivity index (χ3n) is 3.50. The molecule has 3 nitrogen and oxygen atoms in total. The van der Waals surface area contributed by atoms with Crippen molar-refractivity contribution in [2.24, 2.45) is 16.9 Å². The first-order valence-electron chi connectivity index (χ1n) is 5.42. The van der Waals surface area contributed by atoms with Crippen molar-refractivity contribution in [2.45, 2.75) is 18.9 Å². The zero-order valence-corrected chi connectivity index (χ0v) is 10.1. The van der Waals surface area contributed by atoms with Crippen molar-refractivity contribution in [2.75, 3.05) is 13.7 Å². The van der Waals surface area contributed by atoms with Crippen LogP contribution in [0.3, 0.4) is 0 Å². The zero-order valence-electron chi connectivity index (χ0n) is 9.37. The van der Waals surface area contributed by atoms with Gasteiger partial charge in [0.1, 0.15) is 5.75 Å². The average molecular weight is 241 g/mol. The number of ether oxygens (including phenoxy) is 1.